The summed E-state index contributed by atoms with van der Waals surface area (Å²) in [6.45, 7) is -0.0490. The quantitative estimate of drug-likeness (QED) is 0.609. The van der Waals surface area contributed by atoms with Crippen LogP contribution < -0.4 is 5.32 Å². The lowest BCUT2D eigenvalue weighted by atomic mass is 10.2. The molecule has 1 aliphatic rings. The maximum Gasteiger partial charge on any atom is 0.419 e. The third kappa shape index (κ3) is 3.48. The number of carbonyl (C=O) groups excluding carboxylic acids is 1. The van der Waals surface area contributed by atoms with Crippen LogP contribution in [0, 0.1) is 5.82 Å². The first-order valence-electron chi connectivity index (χ1n) is 6.97. The summed E-state index contributed by atoms with van der Waals surface area (Å²) < 4.78 is 57.1. The number of esters is 1. The first kappa shape index (κ1) is 18.1. The highest BCUT2D eigenvalue weighted by Gasteiger charge is 2.34. The number of ether oxygens (including phenoxy) is 1. The van der Waals surface area contributed by atoms with Gasteiger partial charge in [-0.05, 0) is 18.2 Å². The third-order valence-corrected chi connectivity index (χ3v) is 3.76. The van der Waals surface area contributed by atoms with Gasteiger partial charge in [-0.15, -0.1) is 5.10 Å². The molecule has 0 fully saturated rings. The molecule has 0 aliphatic carbocycles. The molecule has 0 bridgehead atoms. The molecule has 1 aromatic heterocycles. The molecule has 1 aromatic carbocycles. The Hall–Kier alpha value is -2.66. The van der Waals surface area contributed by atoms with E-state index in [-0.39, 0.29) is 28.7 Å². The second-order valence-electron chi connectivity index (χ2n) is 5.16. The summed E-state index contributed by atoms with van der Waals surface area (Å²) in [5.41, 5.74) is -1.28. The maximum absolute atomic E-state index is 13.3. The molecule has 3 rings (SSSR count). The van der Waals surface area contributed by atoms with Gasteiger partial charge in [0.05, 0.1) is 24.0 Å². The minimum Gasteiger partial charge on any atom is -0.425 e. The van der Waals surface area contributed by atoms with Crippen LogP contribution in [0.5, 0.6) is 0 Å². The Kier molecular flexibility index (Phi) is 4.59. The molecule has 1 unspecified atom stereocenters. The van der Waals surface area contributed by atoms with Crippen LogP contribution in [0.2, 0.25) is 0 Å². The number of benzene rings is 1. The van der Waals surface area contributed by atoms with Crippen LogP contribution in [-0.4, -0.2) is 32.4 Å². The van der Waals surface area contributed by atoms with Crippen molar-refractivity contribution in [2.24, 2.45) is 0 Å². The molecule has 0 saturated carbocycles. The predicted octanol–water partition coefficient (Wildman–Crippen LogP) is 1.84. The fraction of sp³-hybridized carbons (Fsp3) is 0.214. The van der Waals surface area contributed by atoms with Gasteiger partial charge >= 0.3 is 12.1 Å². The highest BCUT2D eigenvalue weighted by Crippen LogP contribution is 2.32. The minimum absolute atomic E-state index is 0.0471. The van der Waals surface area contributed by atoms with Crippen molar-refractivity contribution >= 4 is 17.6 Å². The zero-order valence-corrected chi connectivity index (χ0v) is 13.3. The van der Waals surface area contributed by atoms with Crippen LogP contribution in [0.15, 0.2) is 35.1 Å². The number of hydrogen-bond acceptors (Lipinski definition) is 6. The third-order valence-electron chi connectivity index (χ3n) is 3.40. The first-order valence-corrected chi connectivity index (χ1v) is 7.35. The molecule has 0 spiro atoms. The van der Waals surface area contributed by atoms with Crippen LogP contribution in [0.25, 0.3) is 5.69 Å². The molecule has 7 nitrogen and oxygen atoms in total. The van der Waals surface area contributed by atoms with Gasteiger partial charge in [0.25, 0.3) is 0 Å². The van der Waals surface area contributed by atoms with Crippen molar-refractivity contribution in [3.63, 3.8) is 0 Å². The number of hydrogen-bond donors (Lipinski definition) is 2. The average molecular weight is 393 g/mol. The summed E-state index contributed by atoms with van der Waals surface area (Å²) >= 11 is 5.67. The lowest BCUT2D eigenvalue weighted by Crippen LogP contribution is -2.22. The lowest BCUT2D eigenvalue weighted by Gasteiger charge is -2.09. The Balaban J connectivity index is 1.78. The summed E-state index contributed by atoms with van der Waals surface area (Å²) in [6.07, 6.45) is -5.10. The van der Waals surface area contributed by atoms with Crippen molar-refractivity contribution in [2.75, 3.05) is 0 Å². The van der Waals surface area contributed by atoms with E-state index in [0.29, 0.717) is 12.1 Å². The molecule has 1 atom stereocenters. The number of cyclic esters (lactones) is 1. The van der Waals surface area contributed by atoms with E-state index in [1.54, 1.807) is 0 Å². The van der Waals surface area contributed by atoms with Crippen LogP contribution in [0.3, 0.4) is 0 Å². The predicted molar refractivity (Wildman–Crippen MR) is 78.1 cm³/mol. The number of nitrogens with one attached hydrogen (secondary N) is 1. The van der Waals surface area contributed by atoms with Crippen LogP contribution in [0.1, 0.15) is 11.3 Å². The highest BCUT2D eigenvalue weighted by molar-refractivity contribution is 6.42. The second kappa shape index (κ2) is 6.57. The van der Waals surface area contributed by atoms with E-state index < -0.39 is 29.8 Å². The largest absolute Gasteiger partial charge is 0.425 e. The van der Waals surface area contributed by atoms with E-state index in [1.165, 1.54) is 6.20 Å². The van der Waals surface area contributed by atoms with Crippen LogP contribution in [-0.2, 0) is 22.3 Å². The molecule has 26 heavy (non-hydrogen) atoms. The van der Waals surface area contributed by atoms with E-state index in [2.05, 4.69) is 20.4 Å². The standard InChI is InChI=1S/C14H9ClF4N4O3/c15-10-11(13(25)26-12(10)24)20-4-6-5-23(22-21-6)7-1-2-9(16)8(3-7)14(17,18)19/h1-3,5,13,20,25H,4H2. The average Bonchev–Trinajstić information content (AvgIpc) is 3.11. The number of alkyl halides is 3. The molecule has 2 N–H and O–H groups in total. The second-order valence-corrected chi connectivity index (χ2v) is 5.53. The summed E-state index contributed by atoms with van der Waals surface area (Å²) in [5, 5.41) is 19.2. The lowest BCUT2D eigenvalue weighted by molar-refractivity contribution is -0.151. The molecule has 0 saturated heterocycles. The van der Waals surface area contributed by atoms with E-state index in [1.807, 2.05) is 0 Å². The molecule has 0 radical (unpaired) electrons. The molecular formula is C14H9ClF4N4O3. The number of halogens is 5. The van der Waals surface area contributed by atoms with Crippen molar-refractivity contribution in [1.82, 2.24) is 20.3 Å². The summed E-state index contributed by atoms with van der Waals surface area (Å²) in [5.74, 6) is -2.29. The number of rotatable bonds is 4. The van der Waals surface area contributed by atoms with Gasteiger partial charge in [-0.25, -0.2) is 13.9 Å². The zero-order valence-electron chi connectivity index (χ0n) is 12.6. The molecular weight excluding hydrogens is 384 g/mol. The monoisotopic (exact) mass is 392 g/mol. The van der Waals surface area contributed by atoms with E-state index in [9.17, 15) is 27.5 Å². The van der Waals surface area contributed by atoms with Gasteiger partial charge in [-0.1, -0.05) is 16.8 Å². The van der Waals surface area contributed by atoms with Crippen molar-refractivity contribution in [3.8, 4) is 5.69 Å². The van der Waals surface area contributed by atoms with E-state index in [0.717, 1.165) is 10.7 Å². The van der Waals surface area contributed by atoms with Gasteiger partial charge in [0.15, 0.2) is 5.03 Å². The Morgan fingerprint density at radius 3 is 2.73 bits per heavy atom. The van der Waals surface area contributed by atoms with Gasteiger partial charge in [0.2, 0.25) is 6.29 Å². The van der Waals surface area contributed by atoms with Crippen LogP contribution >= 0.6 is 11.6 Å². The normalized spacial score (nSPS) is 17.6. The molecule has 2 heterocycles. The van der Waals surface area contributed by atoms with Gasteiger partial charge in [-0.3, -0.25) is 0 Å². The van der Waals surface area contributed by atoms with Crippen molar-refractivity contribution in [3.05, 3.63) is 52.2 Å². The van der Waals surface area contributed by atoms with Gasteiger partial charge < -0.3 is 15.2 Å². The van der Waals surface area contributed by atoms with Gasteiger partial charge in [0, 0.05) is 0 Å². The van der Waals surface area contributed by atoms with Gasteiger partial charge in [0.1, 0.15) is 17.2 Å². The summed E-state index contributed by atoms with van der Waals surface area (Å²) in [4.78, 5) is 11.2. The number of aliphatic hydroxyl groups excluding tert-OH is 1. The Morgan fingerprint density at radius 2 is 2.12 bits per heavy atom. The number of aromatic nitrogens is 3. The van der Waals surface area contributed by atoms with Gasteiger partial charge in [-0.2, -0.15) is 13.2 Å². The van der Waals surface area contributed by atoms with Crippen molar-refractivity contribution in [1.29, 1.82) is 0 Å². The summed E-state index contributed by atoms with van der Waals surface area (Å²) in [6, 6.07) is 2.40. The molecule has 138 valence electrons. The Bertz CT molecular complexity index is 897. The van der Waals surface area contributed by atoms with Crippen LogP contribution in [0.4, 0.5) is 17.6 Å². The Labute approximate surface area is 147 Å². The molecule has 1 aliphatic heterocycles. The smallest absolute Gasteiger partial charge is 0.419 e. The van der Waals surface area contributed by atoms with Crippen molar-refractivity contribution in [2.45, 2.75) is 19.0 Å². The van der Waals surface area contributed by atoms with E-state index in [4.69, 9.17) is 11.6 Å². The fourth-order valence-corrected chi connectivity index (χ4v) is 2.36. The van der Waals surface area contributed by atoms with Crippen molar-refractivity contribution < 1.29 is 32.2 Å². The number of carbonyl (C=O) groups is 1. The minimum atomic E-state index is -4.85. The zero-order chi connectivity index (χ0) is 19.1. The maximum atomic E-state index is 13.3. The topological polar surface area (TPSA) is 89.3 Å². The SMILES string of the molecule is O=C1OC(O)C(NCc2cn(-c3ccc(F)c(C(F)(F)F)c3)nn2)=C1Cl. The first-order chi connectivity index (χ1) is 12.2. The molecule has 12 heteroatoms. The highest BCUT2D eigenvalue weighted by atomic mass is 35.5. The molecule has 0 amide bonds. The Morgan fingerprint density at radius 1 is 1.38 bits per heavy atom. The number of nitrogens with zero attached hydrogens (tertiary/aromatic N) is 3. The molecule has 2 aromatic rings. The van der Waals surface area contributed by atoms with E-state index >= 15 is 0 Å². The summed E-state index contributed by atoms with van der Waals surface area (Å²) in [7, 11) is 0. The number of aliphatic hydroxyl groups is 1. The fourth-order valence-electron chi connectivity index (χ4n) is 2.16.